The second-order valence-electron chi connectivity index (χ2n) is 5.13. The molecule has 0 fully saturated rings. The highest BCUT2D eigenvalue weighted by Crippen LogP contribution is 2.27. The van der Waals surface area contributed by atoms with Crippen LogP contribution in [0.5, 0.6) is 0 Å². The Hall–Kier alpha value is -1.43. The number of hydrogen-bond donors (Lipinski definition) is 0. The van der Waals surface area contributed by atoms with Gasteiger partial charge in [-0.05, 0) is 25.2 Å². The minimum absolute atomic E-state index is 0.0990. The molecule has 0 amide bonds. The molecule has 0 N–H and O–H groups in total. The number of aryl methyl sites for hydroxylation is 1. The molecule has 6 heteroatoms. The molecule has 19 heavy (non-hydrogen) atoms. The van der Waals surface area contributed by atoms with Crippen LogP contribution in [-0.4, -0.2) is 14.7 Å². The van der Waals surface area contributed by atoms with Gasteiger partial charge in [0.2, 0.25) is 5.89 Å². The van der Waals surface area contributed by atoms with Gasteiger partial charge in [0, 0.05) is 17.0 Å². The highest BCUT2D eigenvalue weighted by molar-refractivity contribution is 7.09. The molecule has 0 saturated heterocycles. The van der Waals surface area contributed by atoms with Crippen LogP contribution in [0.3, 0.4) is 0 Å². The fourth-order valence-corrected chi connectivity index (χ4v) is 3.71. The average molecular weight is 279 g/mol. The highest BCUT2D eigenvalue weighted by atomic mass is 32.1. The molecule has 1 aliphatic rings. The van der Waals surface area contributed by atoms with E-state index in [4.69, 9.17) is 4.52 Å². The third-order valence-corrected chi connectivity index (χ3v) is 4.64. The van der Waals surface area contributed by atoms with Gasteiger partial charge in [-0.15, -0.1) is 0 Å². The van der Waals surface area contributed by atoms with Gasteiger partial charge < -0.3 is 4.52 Å². The summed E-state index contributed by atoms with van der Waals surface area (Å²) in [5, 5.41) is 3.93. The van der Waals surface area contributed by atoms with E-state index in [1.54, 1.807) is 0 Å². The van der Waals surface area contributed by atoms with Crippen molar-refractivity contribution in [2.45, 2.75) is 46.1 Å². The van der Waals surface area contributed by atoms with Crippen LogP contribution in [0.1, 0.15) is 42.6 Å². The van der Waals surface area contributed by atoms with Crippen molar-refractivity contribution < 1.29 is 4.52 Å². The number of thiazole rings is 1. The van der Waals surface area contributed by atoms with Crippen LogP contribution in [0.15, 0.2) is 9.32 Å². The zero-order valence-corrected chi connectivity index (χ0v) is 12.0. The molecule has 0 radical (unpaired) electrons. The van der Waals surface area contributed by atoms with E-state index < -0.39 is 0 Å². The lowest BCUT2D eigenvalue weighted by Gasteiger charge is -2.18. The molecule has 2 aromatic rings. The zero-order valence-electron chi connectivity index (χ0n) is 11.2. The number of nitrogens with zero attached hydrogens (tertiary/aromatic N) is 3. The van der Waals surface area contributed by atoms with Crippen LogP contribution in [0.4, 0.5) is 0 Å². The maximum Gasteiger partial charge on any atom is 0.307 e. The van der Waals surface area contributed by atoms with E-state index in [-0.39, 0.29) is 4.87 Å². The minimum Gasteiger partial charge on any atom is -0.339 e. The highest BCUT2D eigenvalue weighted by Gasteiger charge is 2.22. The maximum absolute atomic E-state index is 12.1. The van der Waals surface area contributed by atoms with Crippen molar-refractivity contribution in [3.63, 3.8) is 0 Å². The number of fused-ring (bicyclic) bond motifs is 1. The van der Waals surface area contributed by atoms with Crippen LogP contribution >= 0.6 is 11.3 Å². The van der Waals surface area contributed by atoms with Crippen molar-refractivity contribution in [1.82, 2.24) is 14.7 Å². The first-order valence-corrected chi connectivity index (χ1v) is 7.51. The van der Waals surface area contributed by atoms with E-state index >= 15 is 0 Å². The Labute approximate surface area is 115 Å². The van der Waals surface area contributed by atoms with Crippen LogP contribution in [-0.2, 0) is 25.8 Å². The van der Waals surface area contributed by atoms with E-state index in [2.05, 4.69) is 17.1 Å². The van der Waals surface area contributed by atoms with E-state index in [1.807, 2.05) is 11.5 Å². The maximum atomic E-state index is 12.1. The predicted octanol–water partition coefficient (Wildman–Crippen LogP) is 2.03. The van der Waals surface area contributed by atoms with Crippen molar-refractivity contribution in [2.24, 2.45) is 5.92 Å². The van der Waals surface area contributed by atoms with Crippen molar-refractivity contribution >= 4 is 11.3 Å². The van der Waals surface area contributed by atoms with Crippen LogP contribution < -0.4 is 4.87 Å². The number of rotatable bonds is 3. The third kappa shape index (κ3) is 2.36. The molecule has 0 aromatic carbocycles. The third-order valence-electron chi connectivity index (χ3n) is 3.60. The van der Waals surface area contributed by atoms with Crippen LogP contribution in [0.2, 0.25) is 0 Å². The Kier molecular flexibility index (Phi) is 3.26. The van der Waals surface area contributed by atoms with Crippen molar-refractivity contribution in [1.29, 1.82) is 0 Å². The van der Waals surface area contributed by atoms with Gasteiger partial charge in [-0.1, -0.05) is 30.3 Å². The van der Waals surface area contributed by atoms with Crippen LogP contribution in [0, 0.1) is 5.92 Å². The Morgan fingerprint density at radius 3 is 3.11 bits per heavy atom. The fourth-order valence-electron chi connectivity index (χ4n) is 2.52. The molecule has 0 spiro atoms. The SMILES string of the molecule is CCc1nc(Cn2c3c(sc2=O)CC(C)CC3)no1. The molecule has 1 atom stereocenters. The first kappa shape index (κ1) is 12.6. The summed E-state index contributed by atoms with van der Waals surface area (Å²) in [6, 6.07) is 0. The van der Waals surface area contributed by atoms with E-state index in [0.717, 1.165) is 25.7 Å². The quantitative estimate of drug-likeness (QED) is 0.862. The van der Waals surface area contributed by atoms with E-state index in [0.29, 0.717) is 24.2 Å². The Morgan fingerprint density at radius 1 is 1.53 bits per heavy atom. The lowest BCUT2D eigenvalue weighted by atomic mass is 9.93. The standard InChI is InChI=1S/C13H17N3O2S/c1-3-12-14-11(15-18-12)7-16-9-5-4-8(2)6-10(9)19-13(16)17/h8H,3-7H2,1-2H3. The van der Waals surface area contributed by atoms with Crippen molar-refractivity contribution in [3.8, 4) is 0 Å². The largest absolute Gasteiger partial charge is 0.339 e. The average Bonchev–Trinajstić information content (AvgIpc) is 2.95. The van der Waals surface area contributed by atoms with Gasteiger partial charge in [0.15, 0.2) is 5.82 Å². The molecule has 2 heterocycles. The summed E-state index contributed by atoms with van der Waals surface area (Å²) < 4.78 is 6.91. The summed E-state index contributed by atoms with van der Waals surface area (Å²) in [5.41, 5.74) is 1.18. The first-order valence-electron chi connectivity index (χ1n) is 6.70. The summed E-state index contributed by atoms with van der Waals surface area (Å²) in [6.45, 7) is 4.64. The molecular weight excluding hydrogens is 262 g/mol. The molecular formula is C13H17N3O2S. The second kappa shape index (κ2) is 4.92. The summed E-state index contributed by atoms with van der Waals surface area (Å²) >= 11 is 1.37. The summed E-state index contributed by atoms with van der Waals surface area (Å²) in [4.78, 5) is 17.7. The number of hydrogen-bond acceptors (Lipinski definition) is 5. The molecule has 1 aliphatic carbocycles. The normalized spacial score (nSPS) is 18.5. The van der Waals surface area contributed by atoms with Gasteiger partial charge in [-0.25, -0.2) is 0 Å². The molecule has 5 nitrogen and oxygen atoms in total. The van der Waals surface area contributed by atoms with Gasteiger partial charge in [-0.3, -0.25) is 9.36 Å². The first-order chi connectivity index (χ1) is 9.17. The van der Waals surface area contributed by atoms with Gasteiger partial charge >= 0.3 is 4.87 Å². The summed E-state index contributed by atoms with van der Waals surface area (Å²) in [7, 11) is 0. The molecule has 2 aromatic heterocycles. The topological polar surface area (TPSA) is 60.9 Å². The van der Waals surface area contributed by atoms with Gasteiger partial charge in [-0.2, -0.15) is 4.98 Å². The number of aromatic nitrogens is 3. The monoisotopic (exact) mass is 279 g/mol. The van der Waals surface area contributed by atoms with Gasteiger partial charge in [0.25, 0.3) is 0 Å². The van der Waals surface area contributed by atoms with Gasteiger partial charge in [0.05, 0.1) is 6.54 Å². The summed E-state index contributed by atoms with van der Waals surface area (Å²) in [5.74, 6) is 1.90. The second-order valence-corrected chi connectivity index (χ2v) is 6.18. The minimum atomic E-state index is 0.0990. The van der Waals surface area contributed by atoms with Crippen molar-refractivity contribution in [3.05, 3.63) is 32.0 Å². The Bertz CT molecular complexity index is 641. The van der Waals surface area contributed by atoms with Gasteiger partial charge in [0.1, 0.15) is 0 Å². The fraction of sp³-hybridized carbons (Fsp3) is 0.615. The zero-order chi connectivity index (χ0) is 13.4. The molecule has 0 saturated carbocycles. The molecule has 102 valence electrons. The smallest absolute Gasteiger partial charge is 0.307 e. The Morgan fingerprint density at radius 2 is 2.37 bits per heavy atom. The molecule has 3 rings (SSSR count). The molecule has 1 unspecified atom stereocenters. The van der Waals surface area contributed by atoms with E-state index in [9.17, 15) is 4.79 Å². The molecule has 0 aliphatic heterocycles. The van der Waals surface area contributed by atoms with Crippen LogP contribution in [0.25, 0.3) is 0 Å². The molecule has 0 bridgehead atoms. The van der Waals surface area contributed by atoms with Crippen molar-refractivity contribution in [2.75, 3.05) is 0 Å². The summed E-state index contributed by atoms with van der Waals surface area (Å²) in [6.07, 6.45) is 3.87. The van der Waals surface area contributed by atoms with E-state index in [1.165, 1.54) is 21.9 Å². The lowest BCUT2D eigenvalue weighted by molar-refractivity contribution is 0.375. The Balaban J connectivity index is 1.91. The lowest BCUT2D eigenvalue weighted by Crippen LogP contribution is -2.20. The predicted molar refractivity (Wildman–Crippen MR) is 72.5 cm³/mol.